The van der Waals surface area contributed by atoms with Crippen LogP contribution in [0.5, 0.6) is 5.88 Å². The minimum atomic E-state index is -4.23. The molecule has 8 rings (SSSR count). The molecule has 2 atom stereocenters. The smallest absolute Gasteiger partial charge is 0.281 e. The Morgan fingerprint density at radius 3 is 2.58 bits per heavy atom. The summed E-state index contributed by atoms with van der Waals surface area (Å²) in [4.78, 5) is 25.1. The molecule has 45 heavy (non-hydrogen) atoms. The number of sulfonamides is 1. The molecular formula is C33H41N7O4S. The van der Waals surface area contributed by atoms with Crippen molar-refractivity contribution < 1.29 is 17.9 Å². The molecule has 3 aliphatic carbocycles. The molecule has 2 spiro atoms. The van der Waals surface area contributed by atoms with Crippen LogP contribution in [0, 0.1) is 28.6 Å². The summed E-state index contributed by atoms with van der Waals surface area (Å²) >= 11 is 0. The van der Waals surface area contributed by atoms with Crippen LogP contribution in [0.25, 0.3) is 5.82 Å². The van der Waals surface area contributed by atoms with Gasteiger partial charge in [0.05, 0.1) is 12.2 Å². The maximum absolute atomic E-state index is 13.7. The lowest BCUT2D eigenvalue weighted by Gasteiger charge is -2.34. The van der Waals surface area contributed by atoms with Crippen LogP contribution in [-0.2, 0) is 10.0 Å². The van der Waals surface area contributed by atoms with E-state index in [0.29, 0.717) is 65.7 Å². The van der Waals surface area contributed by atoms with Crippen molar-refractivity contribution in [3.63, 3.8) is 0 Å². The minimum absolute atomic E-state index is 0.184. The van der Waals surface area contributed by atoms with Crippen molar-refractivity contribution >= 4 is 27.6 Å². The Bertz CT molecular complexity index is 1760. The van der Waals surface area contributed by atoms with Gasteiger partial charge >= 0.3 is 0 Å². The molecule has 11 nitrogen and oxygen atoms in total. The van der Waals surface area contributed by atoms with E-state index >= 15 is 0 Å². The lowest BCUT2D eigenvalue weighted by Crippen LogP contribution is -2.41. The van der Waals surface area contributed by atoms with Crippen LogP contribution < -0.4 is 19.7 Å². The summed E-state index contributed by atoms with van der Waals surface area (Å²) in [5.41, 5.74) is 1.20. The molecule has 0 aromatic carbocycles. The quantitative estimate of drug-likeness (QED) is 0.408. The van der Waals surface area contributed by atoms with Gasteiger partial charge in [0.1, 0.15) is 11.6 Å². The van der Waals surface area contributed by atoms with Gasteiger partial charge in [-0.15, -0.1) is 5.10 Å². The molecule has 2 N–H and O–H groups in total. The number of aromatic nitrogens is 4. The molecule has 1 amide bonds. The predicted molar refractivity (Wildman–Crippen MR) is 169 cm³/mol. The van der Waals surface area contributed by atoms with Crippen LogP contribution in [0.1, 0.15) is 76.1 Å². The van der Waals surface area contributed by atoms with Crippen molar-refractivity contribution in [2.45, 2.75) is 76.3 Å². The summed E-state index contributed by atoms with van der Waals surface area (Å²) in [5.74, 6) is 2.78. The highest BCUT2D eigenvalue weighted by molar-refractivity contribution is 7.90. The average molecular weight is 632 g/mol. The SMILES string of the molecule is CC1CCNc2cccc(n2)S(=O)(=O)NC(=O)c2ccc(-n3ccc(OCCC4C5(CC5)C45CC5)n3)nc2N2CC1CC2(C)C. The number of hydrogen-bond acceptors (Lipinski definition) is 9. The summed E-state index contributed by atoms with van der Waals surface area (Å²) < 4.78 is 36.5. The van der Waals surface area contributed by atoms with Gasteiger partial charge in [-0.3, -0.25) is 4.79 Å². The van der Waals surface area contributed by atoms with E-state index in [2.05, 4.69) is 45.8 Å². The Balaban J connectivity index is 1.09. The van der Waals surface area contributed by atoms with Gasteiger partial charge in [0.25, 0.3) is 15.9 Å². The zero-order valence-electron chi connectivity index (χ0n) is 26.1. The highest BCUT2D eigenvalue weighted by Crippen LogP contribution is 2.93. The normalized spacial score (nSPS) is 26.7. The molecule has 4 bridgehead atoms. The number of amides is 1. The van der Waals surface area contributed by atoms with E-state index in [-0.39, 0.29) is 16.1 Å². The highest BCUT2D eigenvalue weighted by atomic mass is 32.2. The van der Waals surface area contributed by atoms with Crippen LogP contribution in [-0.4, -0.2) is 59.3 Å². The van der Waals surface area contributed by atoms with Crippen LogP contribution in [0.2, 0.25) is 0 Å². The molecule has 5 aliphatic rings. The van der Waals surface area contributed by atoms with Crippen LogP contribution >= 0.6 is 0 Å². The second kappa shape index (κ2) is 9.91. The fourth-order valence-corrected chi connectivity index (χ4v) is 9.64. The van der Waals surface area contributed by atoms with Crippen molar-refractivity contribution in [3.05, 3.63) is 48.2 Å². The third-order valence-corrected chi connectivity index (χ3v) is 12.7. The van der Waals surface area contributed by atoms with Gasteiger partial charge in [-0.05, 0) is 112 Å². The molecule has 1 saturated heterocycles. The van der Waals surface area contributed by atoms with Gasteiger partial charge in [0.2, 0.25) is 5.88 Å². The van der Waals surface area contributed by atoms with E-state index in [1.807, 2.05) is 12.3 Å². The third kappa shape index (κ3) is 4.78. The Kier molecular flexibility index (Phi) is 6.34. The molecule has 2 aliphatic heterocycles. The molecule has 2 unspecified atom stereocenters. The largest absolute Gasteiger partial charge is 0.477 e. The molecule has 4 fully saturated rings. The van der Waals surface area contributed by atoms with Crippen molar-refractivity contribution in [3.8, 4) is 11.7 Å². The predicted octanol–water partition coefficient (Wildman–Crippen LogP) is 4.80. The number of ether oxygens (including phenoxy) is 1. The number of carbonyl (C=O) groups is 1. The number of anilines is 2. The standard InChI is InChI=1S/C33H41N7O4S/c1-21-9-16-34-25-5-4-6-28(35-25)45(42,43)38-30(41)23-7-8-26(36-29(23)39-20-22(21)19-31(39,2)3)40-17-10-27(37-40)44-18-11-24-32(12-13-32)33(24)14-15-33/h4-8,10,17,21-22,24H,9,11-16,18-20H2,1-3H3,(H,34,35)(H,38,41). The molecular weight excluding hydrogens is 590 g/mol. The van der Waals surface area contributed by atoms with E-state index < -0.39 is 15.9 Å². The second-order valence-electron chi connectivity index (χ2n) is 14.5. The maximum atomic E-state index is 13.7. The molecule has 5 heterocycles. The van der Waals surface area contributed by atoms with Crippen LogP contribution in [0.3, 0.4) is 0 Å². The first-order valence-corrected chi connectivity index (χ1v) is 17.8. The van der Waals surface area contributed by atoms with E-state index in [9.17, 15) is 13.2 Å². The number of rotatable bonds is 5. The fourth-order valence-electron chi connectivity index (χ4n) is 8.71. The van der Waals surface area contributed by atoms with Gasteiger partial charge in [-0.25, -0.2) is 19.4 Å². The van der Waals surface area contributed by atoms with Crippen LogP contribution in [0.4, 0.5) is 11.6 Å². The molecule has 3 saturated carbocycles. The number of carbonyl (C=O) groups excluding carboxylic acids is 1. The van der Waals surface area contributed by atoms with Gasteiger partial charge in [-0.1, -0.05) is 13.0 Å². The van der Waals surface area contributed by atoms with E-state index in [0.717, 1.165) is 25.2 Å². The number of pyridine rings is 2. The van der Waals surface area contributed by atoms with E-state index in [4.69, 9.17) is 9.72 Å². The molecule has 0 radical (unpaired) electrons. The summed E-state index contributed by atoms with van der Waals surface area (Å²) in [6.45, 7) is 8.57. The van der Waals surface area contributed by atoms with Gasteiger partial charge in [0, 0.05) is 30.9 Å². The fraction of sp³-hybridized carbons (Fsp3) is 0.576. The van der Waals surface area contributed by atoms with Crippen LogP contribution in [0.15, 0.2) is 47.6 Å². The molecule has 3 aromatic heterocycles. The summed E-state index contributed by atoms with van der Waals surface area (Å²) in [6.07, 6.45) is 10.3. The van der Waals surface area contributed by atoms with Crippen molar-refractivity contribution in [2.75, 3.05) is 29.9 Å². The topological polar surface area (TPSA) is 131 Å². The second-order valence-corrected chi connectivity index (χ2v) is 16.1. The Morgan fingerprint density at radius 1 is 1.04 bits per heavy atom. The van der Waals surface area contributed by atoms with Crippen molar-refractivity contribution in [2.24, 2.45) is 28.6 Å². The summed E-state index contributed by atoms with van der Waals surface area (Å²) in [5, 5.41) is 7.69. The zero-order chi connectivity index (χ0) is 31.2. The monoisotopic (exact) mass is 631 g/mol. The number of hydrogen-bond donors (Lipinski definition) is 2. The van der Waals surface area contributed by atoms with Gasteiger partial charge in [0.15, 0.2) is 10.8 Å². The maximum Gasteiger partial charge on any atom is 0.281 e. The first-order valence-electron chi connectivity index (χ1n) is 16.3. The first-order chi connectivity index (χ1) is 21.5. The Hall–Kier alpha value is -3.67. The Morgan fingerprint density at radius 2 is 1.82 bits per heavy atom. The molecule has 238 valence electrons. The zero-order valence-corrected chi connectivity index (χ0v) is 26.9. The average Bonchev–Trinajstić information content (AvgIpc) is 3.96. The van der Waals surface area contributed by atoms with E-state index in [1.165, 1.54) is 31.7 Å². The van der Waals surface area contributed by atoms with Gasteiger partial charge in [-0.2, -0.15) is 8.42 Å². The lowest BCUT2D eigenvalue weighted by molar-refractivity contribution is 0.0981. The minimum Gasteiger partial charge on any atom is -0.477 e. The lowest BCUT2D eigenvalue weighted by atomic mass is 9.86. The van der Waals surface area contributed by atoms with E-state index in [1.54, 1.807) is 28.9 Å². The van der Waals surface area contributed by atoms with Crippen molar-refractivity contribution in [1.29, 1.82) is 0 Å². The summed E-state index contributed by atoms with van der Waals surface area (Å²) in [6, 6.07) is 9.91. The number of nitrogens with one attached hydrogen (secondary N) is 2. The first kappa shape index (κ1) is 28.8. The third-order valence-electron chi connectivity index (χ3n) is 11.5. The number of nitrogens with zero attached hydrogens (tertiary/aromatic N) is 5. The summed E-state index contributed by atoms with van der Waals surface area (Å²) in [7, 11) is -4.23. The van der Waals surface area contributed by atoms with Gasteiger partial charge < -0.3 is 15.0 Å². The number of fused-ring (bicyclic) bond motifs is 7. The molecule has 3 aromatic rings. The molecule has 12 heteroatoms. The van der Waals surface area contributed by atoms with Crippen molar-refractivity contribution in [1.82, 2.24) is 24.5 Å². The Labute approximate surface area is 264 Å². The highest BCUT2D eigenvalue weighted by Gasteiger charge is 2.85.